The summed E-state index contributed by atoms with van der Waals surface area (Å²) in [6.45, 7) is 3.36. The van der Waals surface area contributed by atoms with Crippen molar-refractivity contribution in [3.05, 3.63) is 29.8 Å². The lowest BCUT2D eigenvalue weighted by Gasteiger charge is -2.20. The van der Waals surface area contributed by atoms with E-state index in [2.05, 4.69) is 0 Å². The molecule has 1 aromatic rings. The quantitative estimate of drug-likeness (QED) is 0.732. The van der Waals surface area contributed by atoms with Gasteiger partial charge in [-0.3, -0.25) is 4.79 Å². The Bertz CT molecular complexity index is 351. The predicted octanol–water partition coefficient (Wildman–Crippen LogP) is 2.79. The fraction of sp³-hybridized carbons (Fsp3) is 0.462. The third-order valence-electron chi connectivity index (χ3n) is 2.57. The minimum Gasteiger partial charge on any atom is -0.497 e. The van der Waals surface area contributed by atoms with Crippen molar-refractivity contribution in [3.63, 3.8) is 0 Å². The zero-order chi connectivity index (χ0) is 12.7. The second-order valence-corrected chi connectivity index (χ2v) is 4.03. The molecule has 1 rings (SSSR count). The summed E-state index contributed by atoms with van der Waals surface area (Å²) in [6, 6.07) is 7.15. The van der Waals surface area contributed by atoms with Crippen molar-refractivity contribution < 1.29 is 9.53 Å². The maximum absolute atomic E-state index is 12.1. The molecule has 3 nitrogen and oxygen atoms in total. The molecule has 0 aliphatic heterocycles. The molecular weight excluding hydrogens is 238 g/mol. The lowest BCUT2D eigenvalue weighted by Crippen LogP contribution is -2.31. The van der Waals surface area contributed by atoms with Gasteiger partial charge in [-0.15, -0.1) is 11.6 Å². The maximum Gasteiger partial charge on any atom is 0.253 e. The Morgan fingerprint density at radius 1 is 1.35 bits per heavy atom. The number of rotatable bonds is 6. The summed E-state index contributed by atoms with van der Waals surface area (Å²) < 4.78 is 5.06. The van der Waals surface area contributed by atoms with Crippen molar-refractivity contribution in [3.8, 4) is 5.75 Å². The van der Waals surface area contributed by atoms with Crippen LogP contribution in [0.25, 0.3) is 0 Å². The molecule has 0 heterocycles. The van der Waals surface area contributed by atoms with Crippen LogP contribution in [0.4, 0.5) is 0 Å². The standard InChI is InChI=1S/C13H18ClNO2/c1-3-15(10-4-9-14)13(16)11-5-7-12(17-2)8-6-11/h5-8H,3-4,9-10H2,1-2H3. The van der Waals surface area contributed by atoms with E-state index in [9.17, 15) is 4.79 Å². The van der Waals surface area contributed by atoms with Crippen LogP contribution in [-0.2, 0) is 0 Å². The molecule has 0 unspecified atom stereocenters. The average Bonchev–Trinajstić information content (AvgIpc) is 2.39. The van der Waals surface area contributed by atoms with Gasteiger partial charge in [0, 0.05) is 24.5 Å². The Morgan fingerprint density at radius 2 is 2.00 bits per heavy atom. The number of ether oxygens (including phenoxy) is 1. The Hall–Kier alpha value is -1.22. The lowest BCUT2D eigenvalue weighted by molar-refractivity contribution is 0.0765. The SMILES string of the molecule is CCN(CCCCl)C(=O)c1ccc(OC)cc1. The molecule has 0 aliphatic carbocycles. The first-order valence-electron chi connectivity index (χ1n) is 5.72. The summed E-state index contributed by atoms with van der Waals surface area (Å²) in [7, 11) is 1.61. The molecule has 0 fully saturated rings. The smallest absolute Gasteiger partial charge is 0.253 e. The van der Waals surface area contributed by atoms with Gasteiger partial charge in [0.2, 0.25) is 0 Å². The van der Waals surface area contributed by atoms with Crippen LogP contribution in [0.2, 0.25) is 0 Å². The number of halogens is 1. The van der Waals surface area contributed by atoms with Gasteiger partial charge in [0.25, 0.3) is 5.91 Å². The monoisotopic (exact) mass is 255 g/mol. The summed E-state index contributed by atoms with van der Waals surface area (Å²) in [5, 5.41) is 0. The van der Waals surface area contributed by atoms with E-state index in [4.69, 9.17) is 16.3 Å². The molecule has 0 bridgehead atoms. The maximum atomic E-state index is 12.1. The summed E-state index contributed by atoms with van der Waals surface area (Å²) in [5.74, 6) is 1.37. The number of alkyl halides is 1. The highest BCUT2D eigenvalue weighted by molar-refractivity contribution is 6.17. The number of carbonyl (C=O) groups excluding carboxylic acids is 1. The molecule has 0 saturated heterocycles. The van der Waals surface area contributed by atoms with Gasteiger partial charge in [-0.05, 0) is 37.6 Å². The van der Waals surface area contributed by atoms with Crippen molar-refractivity contribution in [2.75, 3.05) is 26.1 Å². The largest absolute Gasteiger partial charge is 0.497 e. The van der Waals surface area contributed by atoms with Crippen molar-refractivity contribution in [2.45, 2.75) is 13.3 Å². The van der Waals surface area contributed by atoms with Gasteiger partial charge >= 0.3 is 0 Å². The number of hydrogen-bond acceptors (Lipinski definition) is 2. The first-order chi connectivity index (χ1) is 8.22. The number of carbonyl (C=O) groups is 1. The van der Waals surface area contributed by atoms with Gasteiger partial charge in [0.15, 0.2) is 0 Å². The lowest BCUT2D eigenvalue weighted by atomic mass is 10.2. The van der Waals surface area contributed by atoms with Crippen LogP contribution in [-0.4, -0.2) is 36.9 Å². The molecule has 1 amide bonds. The van der Waals surface area contributed by atoms with Gasteiger partial charge in [0.1, 0.15) is 5.75 Å². The van der Waals surface area contributed by atoms with Gasteiger partial charge in [0.05, 0.1) is 7.11 Å². The van der Waals surface area contributed by atoms with Crippen LogP contribution < -0.4 is 4.74 Å². The molecule has 1 aromatic carbocycles. The average molecular weight is 256 g/mol. The number of benzene rings is 1. The van der Waals surface area contributed by atoms with Crippen LogP contribution in [0.3, 0.4) is 0 Å². The van der Waals surface area contributed by atoms with E-state index < -0.39 is 0 Å². The zero-order valence-electron chi connectivity index (χ0n) is 10.3. The first kappa shape index (κ1) is 13.8. The minimum atomic E-state index is 0.0419. The van der Waals surface area contributed by atoms with E-state index in [0.717, 1.165) is 12.2 Å². The van der Waals surface area contributed by atoms with E-state index in [1.165, 1.54) is 0 Å². The number of nitrogens with zero attached hydrogens (tertiary/aromatic N) is 1. The third kappa shape index (κ3) is 3.93. The first-order valence-corrected chi connectivity index (χ1v) is 6.25. The Kier molecular flexibility index (Phi) is 5.84. The summed E-state index contributed by atoms with van der Waals surface area (Å²) in [6.07, 6.45) is 0.817. The van der Waals surface area contributed by atoms with Crippen LogP contribution in [0.5, 0.6) is 5.75 Å². The molecular formula is C13H18ClNO2. The molecule has 0 atom stereocenters. The van der Waals surface area contributed by atoms with Crippen LogP contribution in [0.15, 0.2) is 24.3 Å². The highest BCUT2D eigenvalue weighted by atomic mass is 35.5. The van der Waals surface area contributed by atoms with Gasteiger partial charge in [-0.2, -0.15) is 0 Å². The van der Waals surface area contributed by atoms with Gasteiger partial charge in [-0.25, -0.2) is 0 Å². The van der Waals surface area contributed by atoms with Crippen molar-refractivity contribution >= 4 is 17.5 Å². The highest BCUT2D eigenvalue weighted by Gasteiger charge is 2.13. The highest BCUT2D eigenvalue weighted by Crippen LogP contribution is 2.13. The molecule has 0 radical (unpaired) electrons. The topological polar surface area (TPSA) is 29.5 Å². The molecule has 0 saturated carbocycles. The fourth-order valence-corrected chi connectivity index (χ4v) is 1.69. The molecule has 0 aromatic heterocycles. The second-order valence-electron chi connectivity index (χ2n) is 3.66. The van der Waals surface area contributed by atoms with Crippen molar-refractivity contribution in [1.29, 1.82) is 0 Å². The predicted molar refractivity (Wildman–Crippen MR) is 69.9 cm³/mol. The van der Waals surface area contributed by atoms with Gasteiger partial charge in [-0.1, -0.05) is 0 Å². The van der Waals surface area contributed by atoms with Crippen molar-refractivity contribution in [2.24, 2.45) is 0 Å². The third-order valence-corrected chi connectivity index (χ3v) is 2.83. The van der Waals surface area contributed by atoms with E-state index in [0.29, 0.717) is 24.5 Å². The van der Waals surface area contributed by atoms with E-state index in [1.807, 2.05) is 6.92 Å². The molecule has 0 N–H and O–H groups in total. The molecule has 0 spiro atoms. The van der Waals surface area contributed by atoms with E-state index in [-0.39, 0.29) is 5.91 Å². The Morgan fingerprint density at radius 3 is 2.47 bits per heavy atom. The Balaban J connectivity index is 2.71. The number of hydrogen-bond donors (Lipinski definition) is 0. The summed E-state index contributed by atoms with van der Waals surface area (Å²) in [4.78, 5) is 13.9. The number of amides is 1. The summed E-state index contributed by atoms with van der Waals surface area (Å²) in [5.41, 5.74) is 0.683. The second kappa shape index (κ2) is 7.17. The normalized spacial score (nSPS) is 10.1. The molecule has 17 heavy (non-hydrogen) atoms. The zero-order valence-corrected chi connectivity index (χ0v) is 11.0. The summed E-state index contributed by atoms with van der Waals surface area (Å²) >= 11 is 5.64. The van der Waals surface area contributed by atoms with Gasteiger partial charge < -0.3 is 9.64 Å². The molecule has 0 aliphatic rings. The molecule has 4 heteroatoms. The van der Waals surface area contributed by atoms with Crippen LogP contribution >= 0.6 is 11.6 Å². The fourth-order valence-electron chi connectivity index (χ4n) is 1.57. The van der Waals surface area contributed by atoms with Crippen LogP contribution in [0.1, 0.15) is 23.7 Å². The van der Waals surface area contributed by atoms with Crippen LogP contribution in [0, 0.1) is 0 Å². The number of methoxy groups -OCH3 is 1. The van der Waals surface area contributed by atoms with E-state index in [1.54, 1.807) is 36.3 Å². The minimum absolute atomic E-state index is 0.0419. The molecule has 94 valence electrons. The Labute approximate surface area is 107 Å². The van der Waals surface area contributed by atoms with Crippen molar-refractivity contribution in [1.82, 2.24) is 4.90 Å². The van der Waals surface area contributed by atoms with E-state index >= 15 is 0 Å².